The largest absolute Gasteiger partial charge is 0.390 e. The molecule has 2 aromatic carbocycles. The molecule has 0 radical (unpaired) electrons. The number of rotatable bonds is 6. The fourth-order valence-electron chi connectivity index (χ4n) is 6.49. The van der Waals surface area contributed by atoms with E-state index < -0.39 is 36.1 Å². The molecule has 4 heterocycles. The minimum Gasteiger partial charge on any atom is -0.390 e. The maximum atomic E-state index is 13.9. The smallest absolute Gasteiger partial charge is 0.235 e. The van der Waals surface area contributed by atoms with Crippen molar-refractivity contribution in [2.24, 2.45) is 11.8 Å². The Morgan fingerprint density at radius 1 is 1.26 bits per heavy atom. The Hall–Kier alpha value is -2.83. The second-order valence-electron chi connectivity index (χ2n) is 9.63. The van der Waals surface area contributed by atoms with E-state index in [2.05, 4.69) is 0 Å². The summed E-state index contributed by atoms with van der Waals surface area (Å²) in [5.74, 6) is -1.13. The number of carbonyl (C=O) groups is 1. The van der Waals surface area contributed by atoms with Gasteiger partial charge in [-0.1, -0.05) is 30.3 Å². The van der Waals surface area contributed by atoms with Gasteiger partial charge in [-0.25, -0.2) is 4.39 Å². The van der Waals surface area contributed by atoms with Crippen LogP contribution in [0, 0.1) is 23.2 Å². The van der Waals surface area contributed by atoms with Crippen molar-refractivity contribution in [3.8, 4) is 6.07 Å². The number of amides is 1. The number of aliphatic hydroxyl groups excluding tert-OH is 1. The number of alkyl halides is 1. The van der Waals surface area contributed by atoms with Gasteiger partial charge < -0.3 is 19.3 Å². The molecule has 0 unspecified atom stereocenters. The Kier molecular flexibility index (Phi) is 5.01. The molecule has 7 nitrogen and oxygen atoms in total. The first-order valence-corrected chi connectivity index (χ1v) is 11.6. The average Bonchev–Trinajstić information content (AvgIpc) is 3.43. The van der Waals surface area contributed by atoms with Crippen LogP contribution in [0.2, 0.25) is 0 Å². The van der Waals surface area contributed by atoms with Gasteiger partial charge in [-0.2, -0.15) is 5.26 Å². The molecule has 0 saturated carbocycles. The summed E-state index contributed by atoms with van der Waals surface area (Å²) < 4.78 is 32.3. The molecule has 2 aromatic rings. The van der Waals surface area contributed by atoms with Gasteiger partial charge in [0, 0.05) is 30.0 Å². The Morgan fingerprint density at radius 3 is 2.85 bits per heavy atom. The van der Waals surface area contributed by atoms with Crippen LogP contribution < -0.4 is 4.90 Å². The van der Waals surface area contributed by atoms with Crippen LogP contribution in [0.5, 0.6) is 0 Å². The van der Waals surface area contributed by atoms with Crippen molar-refractivity contribution < 1.29 is 28.5 Å². The zero-order valence-electron chi connectivity index (χ0n) is 18.5. The summed E-state index contributed by atoms with van der Waals surface area (Å²) in [5, 5.41) is 20.4. The number of fused-ring (bicyclic) bond motifs is 2. The number of carbonyl (C=O) groups excluding carboxylic acids is 1. The number of hydrogen-bond acceptors (Lipinski definition) is 6. The molecule has 34 heavy (non-hydrogen) atoms. The maximum Gasteiger partial charge on any atom is 0.235 e. The van der Waals surface area contributed by atoms with Crippen molar-refractivity contribution in [1.29, 1.82) is 5.26 Å². The third kappa shape index (κ3) is 2.91. The topological polar surface area (TPSA) is 92.0 Å². The van der Waals surface area contributed by atoms with Gasteiger partial charge in [0.25, 0.3) is 0 Å². The zero-order valence-corrected chi connectivity index (χ0v) is 18.5. The molecule has 4 aliphatic heterocycles. The molecule has 176 valence electrons. The lowest BCUT2D eigenvalue weighted by atomic mass is 9.64. The summed E-state index contributed by atoms with van der Waals surface area (Å²) >= 11 is 0. The highest BCUT2D eigenvalue weighted by atomic mass is 19.1. The van der Waals surface area contributed by atoms with Crippen molar-refractivity contribution in [1.82, 2.24) is 0 Å². The Balaban J connectivity index is 1.34. The van der Waals surface area contributed by atoms with E-state index in [1.165, 1.54) is 6.07 Å². The molecule has 1 amide bonds. The van der Waals surface area contributed by atoms with E-state index in [1.807, 2.05) is 36.4 Å². The molecule has 4 fully saturated rings. The second kappa shape index (κ2) is 7.85. The standard InChI is InChI=1S/C26H25FN2O5/c27-12-18-10-19(7-6-17(18)13-28)29-23(31)21-22-24(29)33-9-8-25(22)11-20(30)26(21,34-25)15-32-14-16-4-2-1-3-5-16/h1-7,10,20-22,24,30H,8-9,11-12,14-15H2/t20-,21-,22+,24+,25+,26-/m1/s1. The third-order valence-corrected chi connectivity index (χ3v) is 7.94. The first kappa shape index (κ1) is 21.7. The maximum absolute atomic E-state index is 13.9. The van der Waals surface area contributed by atoms with Gasteiger partial charge >= 0.3 is 0 Å². The molecule has 2 bridgehead atoms. The molecule has 8 heteroatoms. The van der Waals surface area contributed by atoms with Crippen LogP contribution in [0.3, 0.4) is 0 Å². The summed E-state index contributed by atoms with van der Waals surface area (Å²) in [4.78, 5) is 15.5. The highest BCUT2D eigenvalue weighted by Crippen LogP contribution is 2.65. The lowest BCUT2D eigenvalue weighted by Gasteiger charge is -2.42. The zero-order chi connectivity index (χ0) is 23.5. The van der Waals surface area contributed by atoms with E-state index in [4.69, 9.17) is 14.2 Å². The fourth-order valence-corrected chi connectivity index (χ4v) is 6.49. The van der Waals surface area contributed by atoms with Crippen molar-refractivity contribution in [3.05, 3.63) is 65.2 Å². The molecule has 4 aliphatic rings. The SMILES string of the molecule is N#Cc1ccc(N2C(=O)[C@H]3[C@H]4[C@@H]2OCC[C@]42C[C@@H](O)[C@@]3(COCc3ccccc3)O2)cc1CF. The number of aliphatic hydroxyl groups is 1. The highest BCUT2D eigenvalue weighted by Gasteiger charge is 2.79. The quantitative estimate of drug-likeness (QED) is 0.707. The first-order valence-electron chi connectivity index (χ1n) is 11.6. The summed E-state index contributed by atoms with van der Waals surface area (Å²) in [6.07, 6.45) is -0.399. The molecular formula is C26H25FN2O5. The van der Waals surface area contributed by atoms with Gasteiger partial charge in [0.05, 0.1) is 49.1 Å². The van der Waals surface area contributed by atoms with Crippen molar-refractivity contribution in [3.63, 3.8) is 0 Å². The average molecular weight is 464 g/mol. The van der Waals surface area contributed by atoms with Crippen molar-refractivity contribution in [2.45, 2.75) is 49.7 Å². The van der Waals surface area contributed by atoms with Crippen LogP contribution in [-0.4, -0.2) is 47.8 Å². The lowest BCUT2D eigenvalue weighted by Crippen LogP contribution is -2.55. The number of ether oxygens (including phenoxy) is 3. The minimum atomic E-state index is -1.16. The number of halogens is 1. The van der Waals surface area contributed by atoms with Gasteiger partial charge in [0.15, 0.2) is 0 Å². The van der Waals surface area contributed by atoms with E-state index in [-0.39, 0.29) is 29.6 Å². The van der Waals surface area contributed by atoms with E-state index >= 15 is 0 Å². The van der Waals surface area contributed by atoms with Crippen molar-refractivity contribution >= 4 is 11.6 Å². The Bertz CT molecular complexity index is 1170. The van der Waals surface area contributed by atoms with Gasteiger partial charge in [-0.3, -0.25) is 9.69 Å². The minimum absolute atomic E-state index is 0.0847. The summed E-state index contributed by atoms with van der Waals surface area (Å²) in [5.41, 5.74) is 0.130. The van der Waals surface area contributed by atoms with E-state index in [0.29, 0.717) is 31.7 Å². The summed E-state index contributed by atoms with van der Waals surface area (Å²) in [6.45, 7) is 0.00943. The number of hydrogen-bond donors (Lipinski definition) is 1. The first-order chi connectivity index (χ1) is 16.5. The van der Waals surface area contributed by atoms with Crippen LogP contribution in [0.25, 0.3) is 0 Å². The third-order valence-electron chi connectivity index (χ3n) is 7.94. The Labute approximate surface area is 196 Å². The second-order valence-corrected chi connectivity index (χ2v) is 9.63. The number of nitrogens with zero attached hydrogens (tertiary/aromatic N) is 2. The molecule has 6 atom stereocenters. The molecule has 6 rings (SSSR count). The lowest BCUT2D eigenvalue weighted by molar-refractivity contribution is -0.161. The molecule has 0 aliphatic carbocycles. The van der Waals surface area contributed by atoms with Gasteiger partial charge in [-0.15, -0.1) is 0 Å². The number of anilines is 1. The predicted octanol–water partition coefficient (Wildman–Crippen LogP) is 2.84. The van der Waals surface area contributed by atoms with E-state index in [0.717, 1.165) is 5.56 Å². The van der Waals surface area contributed by atoms with Crippen molar-refractivity contribution in [2.75, 3.05) is 18.1 Å². The molecule has 1 spiro atoms. The van der Waals surface area contributed by atoms with E-state index in [9.17, 15) is 19.6 Å². The molecule has 4 saturated heterocycles. The normalized spacial score (nSPS) is 35.4. The number of nitriles is 1. The monoisotopic (exact) mass is 464 g/mol. The summed E-state index contributed by atoms with van der Waals surface area (Å²) in [7, 11) is 0. The Morgan fingerprint density at radius 2 is 2.09 bits per heavy atom. The highest BCUT2D eigenvalue weighted by molar-refractivity contribution is 6.00. The van der Waals surface area contributed by atoms with Crippen LogP contribution in [0.1, 0.15) is 29.5 Å². The van der Waals surface area contributed by atoms with Crippen LogP contribution >= 0.6 is 0 Å². The van der Waals surface area contributed by atoms with Crippen LogP contribution in [0.15, 0.2) is 48.5 Å². The van der Waals surface area contributed by atoms with Gasteiger partial charge in [0.2, 0.25) is 5.91 Å². The van der Waals surface area contributed by atoms with E-state index in [1.54, 1.807) is 17.0 Å². The molecule has 1 N–H and O–H groups in total. The molecule has 0 aromatic heterocycles. The van der Waals surface area contributed by atoms with Crippen LogP contribution in [0.4, 0.5) is 10.1 Å². The number of benzene rings is 2. The molecular weight excluding hydrogens is 439 g/mol. The van der Waals surface area contributed by atoms with Gasteiger partial charge in [0.1, 0.15) is 18.5 Å². The van der Waals surface area contributed by atoms with Gasteiger partial charge in [-0.05, 0) is 23.8 Å². The fraction of sp³-hybridized carbons (Fsp3) is 0.462. The summed E-state index contributed by atoms with van der Waals surface area (Å²) in [6, 6.07) is 16.4. The van der Waals surface area contributed by atoms with Crippen LogP contribution in [-0.2, 0) is 32.3 Å². The predicted molar refractivity (Wildman–Crippen MR) is 118 cm³/mol.